The zero-order chi connectivity index (χ0) is 19.8. The summed E-state index contributed by atoms with van der Waals surface area (Å²) in [7, 11) is 0. The lowest BCUT2D eigenvalue weighted by Gasteiger charge is -2.09. The van der Waals surface area contributed by atoms with Crippen LogP contribution in [0.3, 0.4) is 0 Å². The van der Waals surface area contributed by atoms with E-state index in [2.05, 4.69) is 10.6 Å². The standard InChI is InChI=1S/C18H15Cl3N2O4/c19-11-5-6-13(21)15(9-11)23-17(25)10-27-18(26)8-7-16(24)22-14-4-2-1-3-12(14)20/h1-6,9H,7-8,10H2,(H,22,24)(H,23,25). The lowest BCUT2D eigenvalue weighted by Crippen LogP contribution is -2.22. The quantitative estimate of drug-likeness (QED) is 0.633. The summed E-state index contributed by atoms with van der Waals surface area (Å²) in [5, 5.41) is 6.17. The largest absolute Gasteiger partial charge is 0.456 e. The predicted octanol–water partition coefficient (Wildman–Crippen LogP) is 4.55. The van der Waals surface area contributed by atoms with E-state index in [0.29, 0.717) is 26.4 Å². The highest BCUT2D eigenvalue weighted by Crippen LogP contribution is 2.25. The lowest BCUT2D eigenvalue weighted by molar-refractivity contribution is -0.147. The Labute approximate surface area is 170 Å². The second kappa shape index (κ2) is 10.2. The number of ether oxygens (including phenoxy) is 1. The van der Waals surface area contributed by atoms with Gasteiger partial charge in [-0.05, 0) is 30.3 Å². The van der Waals surface area contributed by atoms with Crippen molar-refractivity contribution in [3.8, 4) is 0 Å². The van der Waals surface area contributed by atoms with Gasteiger partial charge in [-0.3, -0.25) is 14.4 Å². The minimum Gasteiger partial charge on any atom is -0.456 e. The third kappa shape index (κ3) is 7.09. The summed E-state index contributed by atoms with van der Waals surface area (Å²) in [6.07, 6.45) is -0.284. The van der Waals surface area contributed by atoms with Crippen LogP contribution < -0.4 is 10.6 Å². The molecule has 0 spiro atoms. The molecule has 2 amide bonds. The first kappa shape index (κ1) is 21.0. The zero-order valence-electron chi connectivity index (χ0n) is 13.9. The first-order valence-electron chi connectivity index (χ1n) is 7.80. The number of anilines is 2. The highest BCUT2D eigenvalue weighted by atomic mass is 35.5. The maximum absolute atomic E-state index is 11.8. The van der Waals surface area contributed by atoms with Gasteiger partial charge in [0.25, 0.3) is 5.91 Å². The van der Waals surface area contributed by atoms with Crippen LogP contribution in [0.4, 0.5) is 11.4 Å². The van der Waals surface area contributed by atoms with E-state index < -0.39 is 24.4 Å². The van der Waals surface area contributed by atoms with Crippen molar-refractivity contribution in [2.75, 3.05) is 17.2 Å². The number of hydrogen-bond donors (Lipinski definition) is 2. The molecular formula is C18H15Cl3N2O4. The second-order valence-electron chi connectivity index (χ2n) is 5.36. The monoisotopic (exact) mass is 428 g/mol. The minimum absolute atomic E-state index is 0.105. The van der Waals surface area contributed by atoms with E-state index in [4.69, 9.17) is 39.5 Å². The van der Waals surface area contributed by atoms with Crippen LogP contribution in [0.5, 0.6) is 0 Å². The van der Waals surface area contributed by atoms with Crippen LogP contribution in [-0.2, 0) is 19.1 Å². The van der Waals surface area contributed by atoms with Gasteiger partial charge < -0.3 is 15.4 Å². The number of halogens is 3. The molecule has 0 aliphatic rings. The van der Waals surface area contributed by atoms with Gasteiger partial charge in [0, 0.05) is 11.4 Å². The van der Waals surface area contributed by atoms with Crippen LogP contribution in [0.25, 0.3) is 0 Å². The SMILES string of the molecule is O=C(CCC(=O)OCC(=O)Nc1cc(Cl)ccc1Cl)Nc1ccccc1Cl. The number of rotatable bonds is 7. The smallest absolute Gasteiger partial charge is 0.306 e. The summed E-state index contributed by atoms with van der Waals surface area (Å²) >= 11 is 17.7. The molecular weight excluding hydrogens is 415 g/mol. The first-order chi connectivity index (χ1) is 12.8. The summed E-state index contributed by atoms with van der Waals surface area (Å²) in [5.41, 5.74) is 0.764. The molecule has 0 unspecified atom stereocenters. The highest BCUT2D eigenvalue weighted by molar-refractivity contribution is 6.35. The average molecular weight is 430 g/mol. The second-order valence-corrected chi connectivity index (χ2v) is 6.61. The van der Waals surface area contributed by atoms with Crippen molar-refractivity contribution in [1.82, 2.24) is 0 Å². The Bertz CT molecular complexity index is 858. The molecule has 142 valence electrons. The molecule has 0 fully saturated rings. The number of benzene rings is 2. The Morgan fingerprint density at radius 3 is 2.22 bits per heavy atom. The molecule has 0 radical (unpaired) electrons. The van der Waals surface area contributed by atoms with E-state index in [9.17, 15) is 14.4 Å². The van der Waals surface area contributed by atoms with Crippen LogP contribution in [-0.4, -0.2) is 24.4 Å². The van der Waals surface area contributed by atoms with Crippen molar-refractivity contribution in [3.05, 3.63) is 57.5 Å². The molecule has 0 aliphatic carbocycles. The van der Waals surface area contributed by atoms with Gasteiger partial charge in [-0.25, -0.2) is 0 Å². The Morgan fingerprint density at radius 1 is 0.815 bits per heavy atom. The zero-order valence-corrected chi connectivity index (χ0v) is 16.2. The first-order valence-corrected chi connectivity index (χ1v) is 8.93. The summed E-state index contributed by atoms with van der Waals surface area (Å²) in [6.45, 7) is -0.506. The third-order valence-electron chi connectivity index (χ3n) is 3.27. The third-order valence-corrected chi connectivity index (χ3v) is 4.17. The molecule has 2 aromatic rings. The highest BCUT2D eigenvalue weighted by Gasteiger charge is 2.12. The van der Waals surface area contributed by atoms with Crippen molar-refractivity contribution >= 4 is 64.0 Å². The molecule has 0 aliphatic heterocycles. The summed E-state index contributed by atoms with van der Waals surface area (Å²) < 4.78 is 4.84. The fraction of sp³-hybridized carbons (Fsp3) is 0.167. The van der Waals surface area contributed by atoms with Crippen molar-refractivity contribution in [1.29, 1.82) is 0 Å². The Morgan fingerprint density at radius 2 is 1.48 bits per heavy atom. The Hall–Kier alpha value is -2.28. The summed E-state index contributed by atoms with van der Waals surface area (Å²) in [6, 6.07) is 11.3. The van der Waals surface area contributed by atoms with Gasteiger partial charge >= 0.3 is 5.97 Å². The number of carbonyl (C=O) groups is 3. The number of esters is 1. The van der Waals surface area contributed by atoms with Crippen molar-refractivity contribution in [2.45, 2.75) is 12.8 Å². The molecule has 2 rings (SSSR count). The van der Waals surface area contributed by atoms with Gasteiger partial charge in [-0.15, -0.1) is 0 Å². The summed E-state index contributed by atoms with van der Waals surface area (Å²) in [5.74, 6) is -1.65. The van der Waals surface area contributed by atoms with Crippen LogP contribution in [0, 0.1) is 0 Å². The lowest BCUT2D eigenvalue weighted by atomic mass is 10.2. The summed E-state index contributed by atoms with van der Waals surface area (Å²) in [4.78, 5) is 35.3. The Balaban J connectivity index is 1.72. The minimum atomic E-state index is -0.684. The van der Waals surface area contributed by atoms with Gasteiger partial charge in [-0.1, -0.05) is 46.9 Å². The van der Waals surface area contributed by atoms with E-state index in [1.54, 1.807) is 30.3 Å². The van der Waals surface area contributed by atoms with E-state index in [-0.39, 0.29) is 12.8 Å². The van der Waals surface area contributed by atoms with Gasteiger partial charge in [0.2, 0.25) is 5.91 Å². The molecule has 0 saturated carbocycles. The van der Waals surface area contributed by atoms with Gasteiger partial charge in [0.15, 0.2) is 6.61 Å². The normalized spacial score (nSPS) is 10.2. The van der Waals surface area contributed by atoms with Crippen molar-refractivity contribution < 1.29 is 19.1 Å². The van der Waals surface area contributed by atoms with Crippen LogP contribution in [0.1, 0.15) is 12.8 Å². The number of carbonyl (C=O) groups excluding carboxylic acids is 3. The van der Waals surface area contributed by atoms with Crippen molar-refractivity contribution in [2.24, 2.45) is 0 Å². The van der Waals surface area contributed by atoms with E-state index in [0.717, 1.165) is 0 Å². The molecule has 0 atom stereocenters. The van der Waals surface area contributed by atoms with Crippen LogP contribution in [0.2, 0.25) is 15.1 Å². The van der Waals surface area contributed by atoms with Crippen LogP contribution >= 0.6 is 34.8 Å². The van der Waals surface area contributed by atoms with E-state index in [1.165, 1.54) is 12.1 Å². The average Bonchev–Trinajstić information content (AvgIpc) is 2.63. The van der Waals surface area contributed by atoms with Crippen molar-refractivity contribution in [3.63, 3.8) is 0 Å². The van der Waals surface area contributed by atoms with Gasteiger partial charge in [0.1, 0.15) is 0 Å². The van der Waals surface area contributed by atoms with Crippen LogP contribution in [0.15, 0.2) is 42.5 Å². The molecule has 6 nitrogen and oxygen atoms in total. The van der Waals surface area contributed by atoms with Gasteiger partial charge in [-0.2, -0.15) is 0 Å². The van der Waals surface area contributed by atoms with Gasteiger partial charge in [0.05, 0.1) is 27.8 Å². The molecule has 0 aromatic heterocycles. The fourth-order valence-corrected chi connectivity index (χ4v) is 2.51. The molecule has 27 heavy (non-hydrogen) atoms. The number of hydrogen-bond acceptors (Lipinski definition) is 4. The Kier molecular flexibility index (Phi) is 7.91. The molecule has 0 saturated heterocycles. The number of amides is 2. The number of nitrogens with one attached hydrogen (secondary N) is 2. The molecule has 0 bridgehead atoms. The maximum atomic E-state index is 11.8. The topological polar surface area (TPSA) is 84.5 Å². The molecule has 2 N–H and O–H groups in total. The fourth-order valence-electron chi connectivity index (χ4n) is 1.99. The maximum Gasteiger partial charge on any atom is 0.306 e. The molecule has 0 heterocycles. The number of para-hydroxylation sites is 1. The molecule has 9 heteroatoms. The van der Waals surface area contributed by atoms with E-state index in [1.807, 2.05) is 0 Å². The van der Waals surface area contributed by atoms with E-state index >= 15 is 0 Å². The molecule has 2 aromatic carbocycles. The predicted molar refractivity (Wildman–Crippen MR) is 105 cm³/mol.